The van der Waals surface area contributed by atoms with E-state index in [1.807, 2.05) is 12.1 Å². The molecule has 0 spiro atoms. The molecule has 0 radical (unpaired) electrons. The first-order valence-corrected chi connectivity index (χ1v) is 7.47. The van der Waals surface area contributed by atoms with Gasteiger partial charge in [-0.15, -0.1) is 11.3 Å². The minimum absolute atomic E-state index is 0.0763. The lowest BCUT2D eigenvalue weighted by molar-refractivity contribution is -0.384. The van der Waals surface area contributed by atoms with Crippen LogP contribution in [0.15, 0.2) is 34.8 Å². The highest BCUT2D eigenvalue weighted by molar-refractivity contribution is 9.10. The molecule has 0 saturated heterocycles. The lowest BCUT2D eigenvalue weighted by atomic mass is 10.2. The summed E-state index contributed by atoms with van der Waals surface area (Å²) in [6.45, 7) is 0.619. The first kappa shape index (κ1) is 14.3. The zero-order valence-corrected chi connectivity index (χ0v) is 12.9. The maximum Gasteiger partial charge on any atom is 0.292 e. The lowest BCUT2D eigenvalue weighted by Crippen LogP contribution is -2.06. The minimum atomic E-state index is -0.392. The molecule has 0 amide bonds. The molecule has 19 heavy (non-hydrogen) atoms. The van der Waals surface area contributed by atoms with E-state index in [0.717, 1.165) is 20.1 Å². The third-order valence-corrected chi connectivity index (χ3v) is 4.26. The highest BCUT2D eigenvalue weighted by Crippen LogP contribution is 2.28. The van der Waals surface area contributed by atoms with Crippen LogP contribution in [0.25, 0.3) is 0 Å². The van der Waals surface area contributed by atoms with Gasteiger partial charge in [-0.1, -0.05) is 27.5 Å². The fraction of sp³-hybridized carbons (Fsp3) is 0.167. The molecule has 1 aromatic heterocycles. The van der Waals surface area contributed by atoms with Gasteiger partial charge in [0.2, 0.25) is 0 Å². The van der Waals surface area contributed by atoms with E-state index in [0.29, 0.717) is 12.2 Å². The molecule has 0 bridgehead atoms. The van der Waals surface area contributed by atoms with Crippen molar-refractivity contribution in [3.05, 3.63) is 54.1 Å². The zero-order valence-electron chi connectivity index (χ0n) is 9.73. The average molecular weight is 362 g/mol. The highest BCUT2D eigenvalue weighted by atomic mass is 79.9. The van der Waals surface area contributed by atoms with E-state index in [1.165, 1.54) is 17.4 Å². The predicted molar refractivity (Wildman–Crippen MR) is 82.3 cm³/mol. The fourth-order valence-corrected chi connectivity index (χ4v) is 3.06. The molecule has 0 aliphatic heterocycles. The molecule has 2 rings (SSSR count). The third kappa shape index (κ3) is 3.92. The van der Waals surface area contributed by atoms with E-state index < -0.39 is 4.92 Å². The number of anilines is 1. The molecule has 0 aliphatic rings. The van der Waals surface area contributed by atoms with Crippen LogP contribution in [-0.4, -0.2) is 11.5 Å². The number of thiophene rings is 1. The molecule has 100 valence electrons. The number of nitrogens with zero attached hydrogens (tertiary/aromatic N) is 1. The Balaban J connectivity index is 2.02. The Bertz CT molecular complexity index is 603. The Morgan fingerprint density at radius 2 is 2.16 bits per heavy atom. The molecule has 2 aromatic rings. The molecule has 7 heteroatoms. The Kier molecular flexibility index (Phi) is 4.79. The third-order valence-electron chi connectivity index (χ3n) is 2.47. The van der Waals surface area contributed by atoms with E-state index in [4.69, 9.17) is 11.6 Å². The summed E-state index contributed by atoms with van der Waals surface area (Å²) in [6.07, 6.45) is 0.779. The molecule has 0 atom stereocenters. The van der Waals surface area contributed by atoms with Gasteiger partial charge in [0.25, 0.3) is 5.69 Å². The van der Waals surface area contributed by atoms with Gasteiger partial charge in [0, 0.05) is 22.0 Å². The zero-order chi connectivity index (χ0) is 13.8. The number of nitro benzene ring substituents is 1. The fourth-order valence-electron chi connectivity index (χ4n) is 1.62. The van der Waals surface area contributed by atoms with Crippen LogP contribution in [0.2, 0.25) is 4.34 Å². The van der Waals surface area contributed by atoms with Crippen LogP contribution in [0.3, 0.4) is 0 Å². The van der Waals surface area contributed by atoms with Crippen molar-refractivity contribution in [2.75, 3.05) is 11.9 Å². The van der Waals surface area contributed by atoms with Crippen molar-refractivity contribution in [1.29, 1.82) is 0 Å². The van der Waals surface area contributed by atoms with Gasteiger partial charge in [0.05, 0.1) is 9.26 Å². The van der Waals surface area contributed by atoms with Crippen molar-refractivity contribution >= 4 is 50.2 Å². The summed E-state index contributed by atoms with van der Waals surface area (Å²) in [5, 5.41) is 14.0. The van der Waals surface area contributed by atoms with E-state index in [1.54, 1.807) is 12.1 Å². The smallest absolute Gasteiger partial charge is 0.292 e. The van der Waals surface area contributed by atoms with Crippen molar-refractivity contribution in [1.82, 2.24) is 0 Å². The second kappa shape index (κ2) is 6.36. The standard InChI is InChI=1S/C12H10BrClN2O2S/c13-8-1-3-11(16(17)18)10(7-8)15-6-5-9-2-4-12(14)19-9/h1-4,7,15H,5-6H2. The number of hydrogen-bond donors (Lipinski definition) is 1. The van der Waals surface area contributed by atoms with Crippen molar-refractivity contribution in [3.8, 4) is 0 Å². The predicted octanol–water partition coefficient (Wildman–Crippen LogP) is 4.73. The minimum Gasteiger partial charge on any atom is -0.379 e. The van der Waals surface area contributed by atoms with Crippen molar-refractivity contribution in [2.24, 2.45) is 0 Å². The normalized spacial score (nSPS) is 10.4. The van der Waals surface area contributed by atoms with Crippen molar-refractivity contribution in [3.63, 3.8) is 0 Å². The first-order chi connectivity index (χ1) is 9.06. The topological polar surface area (TPSA) is 55.2 Å². The van der Waals surface area contributed by atoms with Gasteiger partial charge in [-0.25, -0.2) is 0 Å². The highest BCUT2D eigenvalue weighted by Gasteiger charge is 2.13. The molecular formula is C12H10BrClN2O2S. The van der Waals surface area contributed by atoms with E-state index in [9.17, 15) is 10.1 Å². The average Bonchev–Trinajstić information content (AvgIpc) is 2.75. The van der Waals surface area contributed by atoms with Gasteiger partial charge in [-0.05, 0) is 30.7 Å². The largest absolute Gasteiger partial charge is 0.379 e. The molecular weight excluding hydrogens is 352 g/mol. The van der Waals surface area contributed by atoms with E-state index in [-0.39, 0.29) is 5.69 Å². The second-order valence-corrected chi connectivity index (χ2v) is 6.52. The molecule has 4 nitrogen and oxygen atoms in total. The Morgan fingerprint density at radius 3 is 2.79 bits per heavy atom. The van der Waals surface area contributed by atoms with Crippen molar-refractivity contribution < 1.29 is 4.92 Å². The molecule has 0 unspecified atom stereocenters. The monoisotopic (exact) mass is 360 g/mol. The van der Waals surface area contributed by atoms with Crippen LogP contribution < -0.4 is 5.32 Å². The summed E-state index contributed by atoms with van der Waals surface area (Å²) in [7, 11) is 0. The number of benzene rings is 1. The quantitative estimate of drug-likeness (QED) is 0.619. The summed E-state index contributed by atoms with van der Waals surface area (Å²) >= 11 is 10.7. The summed E-state index contributed by atoms with van der Waals surface area (Å²) in [4.78, 5) is 11.7. The molecule has 1 heterocycles. The molecule has 0 aliphatic carbocycles. The van der Waals surface area contributed by atoms with Crippen LogP contribution in [0, 0.1) is 10.1 Å². The van der Waals surface area contributed by atoms with Gasteiger partial charge in [0.1, 0.15) is 5.69 Å². The van der Waals surface area contributed by atoms with Gasteiger partial charge in [-0.3, -0.25) is 10.1 Å². The van der Waals surface area contributed by atoms with Crippen LogP contribution in [0.1, 0.15) is 4.88 Å². The Hall–Kier alpha value is -1.11. The Labute approximate surface area is 127 Å². The van der Waals surface area contributed by atoms with E-state index >= 15 is 0 Å². The number of nitrogens with one attached hydrogen (secondary N) is 1. The van der Waals surface area contributed by atoms with E-state index in [2.05, 4.69) is 21.2 Å². The summed E-state index contributed by atoms with van der Waals surface area (Å²) in [5.74, 6) is 0. The second-order valence-electron chi connectivity index (χ2n) is 3.80. The summed E-state index contributed by atoms with van der Waals surface area (Å²) < 4.78 is 1.56. The van der Waals surface area contributed by atoms with Crippen LogP contribution in [-0.2, 0) is 6.42 Å². The number of hydrogen-bond acceptors (Lipinski definition) is 4. The molecule has 1 N–H and O–H groups in total. The maximum absolute atomic E-state index is 10.9. The van der Waals surface area contributed by atoms with Gasteiger partial charge >= 0.3 is 0 Å². The van der Waals surface area contributed by atoms with Gasteiger partial charge < -0.3 is 5.32 Å². The Morgan fingerprint density at radius 1 is 1.37 bits per heavy atom. The van der Waals surface area contributed by atoms with Crippen molar-refractivity contribution in [2.45, 2.75) is 6.42 Å². The number of halogens is 2. The molecule has 1 aromatic carbocycles. The number of nitro groups is 1. The summed E-state index contributed by atoms with van der Waals surface area (Å²) in [6, 6.07) is 8.66. The van der Waals surface area contributed by atoms with Gasteiger partial charge in [0.15, 0.2) is 0 Å². The molecule has 0 saturated carbocycles. The molecule has 0 fully saturated rings. The number of rotatable bonds is 5. The SMILES string of the molecule is O=[N+]([O-])c1ccc(Br)cc1NCCc1ccc(Cl)s1. The lowest BCUT2D eigenvalue weighted by Gasteiger charge is -2.06. The maximum atomic E-state index is 10.9. The van der Waals surface area contributed by atoms with Gasteiger partial charge in [-0.2, -0.15) is 0 Å². The summed E-state index contributed by atoms with van der Waals surface area (Å²) in [5.41, 5.74) is 0.592. The van der Waals surface area contributed by atoms with Crippen LogP contribution in [0.4, 0.5) is 11.4 Å². The first-order valence-electron chi connectivity index (χ1n) is 5.48. The van der Waals surface area contributed by atoms with Crippen LogP contribution in [0.5, 0.6) is 0 Å². The van der Waals surface area contributed by atoms with Crippen LogP contribution >= 0.6 is 38.9 Å².